The van der Waals surface area contributed by atoms with E-state index in [-0.39, 0.29) is 5.38 Å². The molecule has 70 valence electrons. The first-order valence-corrected chi connectivity index (χ1v) is 6.00. The summed E-state index contributed by atoms with van der Waals surface area (Å²) in [5, 5.41) is 1.57. The van der Waals surface area contributed by atoms with Gasteiger partial charge in [0.05, 0.1) is 5.38 Å². The molecular formula is C11H15ClSi. The van der Waals surface area contributed by atoms with E-state index < -0.39 is 0 Å². The highest BCUT2D eigenvalue weighted by atomic mass is 35.5. The molecule has 1 atom stereocenters. The smallest absolute Gasteiger partial charge is 0.0586 e. The average molecular weight is 211 g/mol. The first-order chi connectivity index (χ1) is 6.25. The van der Waals surface area contributed by atoms with Crippen molar-refractivity contribution in [2.24, 2.45) is 0 Å². The van der Waals surface area contributed by atoms with Crippen LogP contribution in [-0.2, 0) is 0 Å². The van der Waals surface area contributed by atoms with Gasteiger partial charge in [-0.3, -0.25) is 0 Å². The summed E-state index contributed by atoms with van der Waals surface area (Å²) in [7, 11) is 1.07. The van der Waals surface area contributed by atoms with Crippen LogP contribution in [-0.4, -0.2) is 10.2 Å². The second-order valence-electron chi connectivity index (χ2n) is 3.19. The fraction of sp³-hybridized carbons (Fsp3) is 0.273. The Morgan fingerprint density at radius 2 is 2.15 bits per heavy atom. The average Bonchev–Trinajstić information content (AvgIpc) is 2.15. The molecule has 1 rings (SSSR count). The van der Waals surface area contributed by atoms with E-state index in [1.54, 1.807) is 0 Å². The molecule has 0 amide bonds. The van der Waals surface area contributed by atoms with Crippen molar-refractivity contribution in [2.45, 2.75) is 18.2 Å². The number of alkyl halides is 1. The lowest BCUT2D eigenvalue weighted by Crippen LogP contribution is -2.10. The highest BCUT2D eigenvalue weighted by Gasteiger charge is 2.07. The summed E-state index contributed by atoms with van der Waals surface area (Å²) in [5.41, 5.74) is 1.30. The molecular weight excluding hydrogens is 196 g/mol. The lowest BCUT2D eigenvalue weighted by molar-refractivity contribution is 0.818. The normalized spacial score (nSPS) is 12.7. The van der Waals surface area contributed by atoms with Crippen LogP contribution in [0.2, 0.25) is 0 Å². The summed E-state index contributed by atoms with van der Waals surface area (Å²) in [6.45, 7) is 3.70. The van der Waals surface area contributed by atoms with Crippen molar-refractivity contribution in [3.63, 3.8) is 0 Å². The zero-order valence-corrected chi connectivity index (χ0v) is 10.7. The van der Waals surface area contributed by atoms with Crippen LogP contribution >= 0.6 is 11.6 Å². The molecule has 0 N–H and O–H groups in total. The Balaban J connectivity index is 2.70. The van der Waals surface area contributed by atoms with E-state index in [1.807, 2.05) is 6.08 Å². The molecule has 1 unspecified atom stereocenters. The van der Waals surface area contributed by atoms with Crippen molar-refractivity contribution in [3.05, 3.63) is 42.5 Å². The fourth-order valence-corrected chi connectivity index (χ4v) is 2.62. The van der Waals surface area contributed by atoms with Crippen LogP contribution in [0.15, 0.2) is 36.9 Å². The number of benzene rings is 1. The van der Waals surface area contributed by atoms with Crippen molar-refractivity contribution in [2.75, 3.05) is 0 Å². The van der Waals surface area contributed by atoms with E-state index in [0.717, 1.165) is 23.1 Å². The molecule has 1 aromatic carbocycles. The van der Waals surface area contributed by atoms with Crippen LogP contribution < -0.4 is 5.19 Å². The number of hydrogen-bond acceptors (Lipinski definition) is 0. The Bertz CT molecular complexity index is 283. The number of allylic oxidation sites excluding steroid dienone is 1. The first-order valence-electron chi connectivity index (χ1n) is 4.56. The van der Waals surface area contributed by atoms with Gasteiger partial charge < -0.3 is 0 Å². The van der Waals surface area contributed by atoms with E-state index in [1.165, 1.54) is 10.8 Å². The van der Waals surface area contributed by atoms with Gasteiger partial charge in [0.15, 0.2) is 0 Å². The van der Waals surface area contributed by atoms with Crippen LogP contribution in [0.4, 0.5) is 0 Å². The quantitative estimate of drug-likeness (QED) is 0.405. The van der Waals surface area contributed by atoms with Crippen molar-refractivity contribution >= 4 is 27.0 Å². The SMILES string of the molecule is C=CCCC(Cl)c1ccccc1[SiH3]. The Hall–Kier alpha value is -0.533. The molecule has 0 saturated carbocycles. The second-order valence-corrected chi connectivity index (χ2v) is 4.79. The maximum absolute atomic E-state index is 6.26. The van der Waals surface area contributed by atoms with Crippen LogP contribution in [0.3, 0.4) is 0 Å². The number of hydrogen-bond donors (Lipinski definition) is 0. The summed E-state index contributed by atoms with van der Waals surface area (Å²) in [6, 6.07) is 8.41. The van der Waals surface area contributed by atoms with Crippen molar-refractivity contribution < 1.29 is 0 Å². The van der Waals surface area contributed by atoms with E-state index in [0.29, 0.717) is 0 Å². The van der Waals surface area contributed by atoms with E-state index in [2.05, 4.69) is 30.8 Å². The van der Waals surface area contributed by atoms with Gasteiger partial charge in [0.1, 0.15) is 0 Å². The first kappa shape index (κ1) is 10.5. The molecule has 0 aliphatic carbocycles. The van der Waals surface area contributed by atoms with Crippen molar-refractivity contribution in [1.82, 2.24) is 0 Å². The molecule has 0 aliphatic rings. The predicted molar refractivity (Wildman–Crippen MR) is 64.0 cm³/mol. The summed E-state index contributed by atoms with van der Waals surface area (Å²) in [6.07, 6.45) is 3.90. The molecule has 0 aliphatic heterocycles. The maximum atomic E-state index is 6.26. The van der Waals surface area contributed by atoms with E-state index in [4.69, 9.17) is 11.6 Å². The van der Waals surface area contributed by atoms with Gasteiger partial charge in [0.2, 0.25) is 0 Å². The molecule has 13 heavy (non-hydrogen) atoms. The second kappa shape index (κ2) is 5.25. The lowest BCUT2D eigenvalue weighted by atomic mass is 10.1. The Morgan fingerprint density at radius 3 is 2.77 bits per heavy atom. The standard InChI is InChI=1S/C11H15ClSi/c1-2-3-7-10(12)9-6-4-5-8-11(9)13/h2,4-6,8,10H,1,3,7H2,13H3. The lowest BCUT2D eigenvalue weighted by Gasteiger charge is -2.11. The molecule has 0 heterocycles. The van der Waals surface area contributed by atoms with E-state index >= 15 is 0 Å². The molecule has 0 bridgehead atoms. The third kappa shape index (κ3) is 3.01. The Kier molecular flexibility index (Phi) is 4.26. The summed E-state index contributed by atoms with van der Waals surface area (Å²) in [4.78, 5) is 0. The van der Waals surface area contributed by atoms with Crippen LogP contribution in [0.5, 0.6) is 0 Å². The zero-order chi connectivity index (χ0) is 9.68. The molecule has 1 aromatic rings. The van der Waals surface area contributed by atoms with Gasteiger partial charge in [-0.15, -0.1) is 18.2 Å². The molecule has 0 fully saturated rings. The largest absolute Gasteiger partial charge is 0.118 e. The molecule has 0 aromatic heterocycles. The van der Waals surface area contributed by atoms with Crippen LogP contribution in [0.25, 0.3) is 0 Å². The minimum Gasteiger partial charge on any atom is -0.118 e. The van der Waals surface area contributed by atoms with Gasteiger partial charge in [-0.2, -0.15) is 0 Å². The predicted octanol–water partition coefficient (Wildman–Crippen LogP) is 1.92. The van der Waals surface area contributed by atoms with Crippen LogP contribution in [0.1, 0.15) is 23.8 Å². The van der Waals surface area contributed by atoms with Gasteiger partial charge in [0.25, 0.3) is 0 Å². The van der Waals surface area contributed by atoms with Gasteiger partial charge in [0, 0.05) is 10.2 Å². The Labute approximate surface area is 88.0 Å². The minimum atomic E-state index is 0.159. The van der Waals surface area contributed by atoms with Crippen molar-refractivity contribution in [3.8, 4) is 0 Å². The molecule has 2 heteroatoms. The summed E-state index contributed by atoms with van der Waals surface area (Å²) in [5.74, 6) is 0. The number of halogens is 1. The topological polar surface area (TPSA) is 0 Å². The van der Waals surface area contributed by atoms with Gasteiger partial charge in [-0.25, -0.2) is 0 Å². The van der Waals surface area contributed by atoms with Crippen LogP contribution in [0, 0.1) is 0 Å². The van der Waals surface area contributed by atoms with Gasteiger partial charge >= 0.3 is 0 Å². The van der Waals surface area contributed by atoms with Gasteiger partial charge in [-0.1, -0.05) is 35.5 Å². The fourth-order valence-electron chi connectivity index (χ4n) is 1.36. The maximum Gasteiger partial charge on any atom is 0.0586 e. The highest BCUT2D eigenvalue weighted by Crippen LogP contribution is 2.23. The summed E-state index contributed by atoms with van der Waals surface area (Å²) >= 11 is 6.26. The monoisotopic (exact) mass is 210 g/mol. The molecule has 0 radical (unpaired) electrons. The van der Waals surface area contributed by atoms with Gasteiger partial charge in [-0.05, 0) is 18.4 Å². The summed E-state index contributed by atoms with van der Waals surface area (Å²) < 4.78 is 0. The molecule has 0 spiro atoms. The highest BCUT2D eigenvalue weighted by molar-refractivity contribution is 6.34. The third-order valence-corrected chi connectivity index (χ3v) is 3.51. The molecule has 0 nitrogen and oxygen atoms in total. The van der Waals surface area contributed by atoms with E-state index in [9.17, 15) is 0 Å². The minimum absolute atomic E-state index is 0.159. The molecule has 0 saturated heterocycles. The Morgan fingerprint density at radius 1 is 1.46 bits per heavy atom. The third-order valence-electron chi connectivity index (χ3n) is 2.15. The number of rotatable bonds is 4. The van der Waals surface area contributed by atoms with Crippen molar-refractivity contribution in [1.29, 1.82) is 0 Å². The zero-order valence-electron chi connectivity index (χ0n) is 7.96.